The smallest absolute Gasteiger partial charge is 0.311 e. The van der Waals surface area contributed by atoms with Gasteiger partial charge in [-0.15, -0.1) is 11.3 Å². The highest BCUT2D eigenvalue weighted by molar-refractivity contribution is 7.14. The monoisotopic (exact) mass is 469 g/mol. The Balaban J connectivity index is 1.42. The van der Waals surface area contributed by atoms with Crippen molar-refractivity contribution in [2.75, 3.05) is 5.32 Å². The van der Waals surface area contributed by atoms with Gasteiger partial charge in [0.05, 0.1) is 10.9 Å². The Morgan fingerprint density at radius 3 is 1.94 bits per heavy atom. The van der Waals surface area contributed by atoms with Gasteiger partial charge in [0, 0.05) is 17.4 Å². The van der Waals surface area contributed by atoms with Crippen molar-refractivity contribution in [3.05, 3.63) is 101 Å². The van der Waals surface area contributed by atoms with Gasteiger partial charge in [0.25, 0.3) is 0 Å². The van der Waals surface area contributed by atoms with Crippen LogP contribution in [0.5, 0.6) is 0 Å². The van der Waals surface area contributed by atoms with E-state index < -0.39 is 11.9 Å². The third kappa shape index (κ3) is 5.47. The Labute approximate surface area is 201 Å². The van der Waals surface area contributed by atoms with Gasteiger partial charge >= 0.3 is 5.97 Å². The summed E-state index contributed by atoms with van der Waals surface area (Å²) < 4.78 is 0. The molecule has 0 radical (unpaired) electrons. The van der Waals surface area contributed by atoms with Crippen LogP contribution in [0.3, 0.4) is 0 Å². The molecule has 0 saturated carbocycles. The molecule has 3 aromatic carbocycles. The summed E-state index contributed by atoms with van der Waals surface area (Å²) in [7, 11) is 0. The molecule has 6 heteroatoms. The van der Waals surface area contributed by atoms with Gasteiger partial charge in [0.15, 0.2) is 5.78 Å². The van der Waals surface area contributed by atoms with E-state index in [1.165, 1.54) is 11.3 Å². The van der Waals surface area contributed by atoms with E-state index in [1.54, 1.807) is 31.2 Å². The van der Waals surface area contributed by atoms with Crippen LogP contribution in [0.15, 0.2) is 90.3 Å². The molecule has 0 unspecified atom stereocenters. The molecular formula is C28H23NO4S. The number of carboxylic acids is 1. The minimum absolute atomic E-state index is 0.0424. The number of rotatable bonds is 8. The molecule has 0 bridgehead atoms. The number of amides is 1. The van der Waals surface area contributed by atoms with E-state index in [9.17, 15) is 19.5 Å². The van der Waals surface area contributed by atoms with Gasteiger partial charge in [-0.3, -0.25) is 14.4 Å². The molecular weight excluding hydrogens is 446 g/mol. The van der Waals surface area contributed by atoms with Crippen LogP contribution in [0.2, 0.25) is 0 Å². The van der Waals surface area contributed by atoms with Gasteiger partial charge in [0.2, 0.25) is 5.91 Å². The Morgan fingerprint density at radius 1 is 0.824 bits per heavy atom. The SMILES string of the molecule is CC(=O)c1ccc(-c2ccc(-c3csc(NC(=O)C[C@@H](C(=O)O)c4ccccc4)c3)cc2)cc1. The fourth-order valence-corrected chi connectivity index (χ4v) is 4.54. The number of benzene rings is 3. The minimum atomic E-state index is -1.02. The zero-order valence-corrected chi connectivity index (χ0v) is 19.3. The van der Waals surface area contributed by atoms with Crippen LogP contribution >= 0.6 is 11.3 Å². The van der Waals surface area contributed by atoms with Crippen molar-refractivity contribution in [3.63, 3.8) is 0 Å². The molecule has 0 spiro atoms. The summed E-state index contributed by atoms with van der Waals surface area (Å²) >= 11 is 1.40. The maximum absolute atomic E-state index is 12.5. The summed E-state index contributed by atoms with van der Waals surface area (Å²) in [4.78, 5) is 35.6. The maximum Gasteiger partial charge on any atom is 0.311 e. The molecule has 170 valence electrons. The molecule has 1 aromatic heterocycles. The quantitative estimate of drug-likeness (QED) is 0.289. The number of carbonyl (C=O) groups excluding carboxylic acids is 2. The van der Waals surface area contributed by atoms with Gasteiger partial charge in [-0.2, -0.15) is 0 Å². The summed E-state index contributed by atoms with van der Waals surface area (Å²) in [6.45, 7) is 1.55. The zero-order valence-electron chi connectivity index (χ0n) is 18.5. The number of anilines is 1. The molecule has 4 aromatic rings. The summed E-state index contributed by atoms with van der Waals surface area (Å²) in [5.74, 6) is -2.21. The summed E-state index contributed by atoms with van der Waals surface area (Å²) in [5, 5.41) is 15.0. The van der Waals surface area contributed by atoms with Crippen molar-refractivity contribution in [3.8, 4) is 22.3 Å². The molecule has 0 aliphatic heterocycles. The second-order valence-corrected chi connectivity index (χ2v) is 8.88. The van der Waals surface area contributed by atoms with Crippen molar-refractivity contribution < 1.29 is 19.5 Å². The van der Waals surface area contributed by atoms with Gasteiger partial charge in [-0.05, 0) is 40.8 Å². The first kappa shape index (κ1) is 23.1. The lowest BCUT2D eigenvalue weighted by molar-refractivity contribution is -0.140. The van der Waals surface area contributed by atoms with Crippen molar-refractivity contribution in [2.45, 2.75) is 19.3 Å². The van der Waals surface area contributed by atoms with Crippen molar-refractivity contribution in [1.82, 2.24) is 0 Å². The van der Waals surface area contributed by atoms with E-state index in [2.05, 4.69) is 5.32 Å². The topological polar surface area (TPSA) is 83.5 Å². The molecule has 0 saturated heterocycles. The van der Waals surface area contributed by atoms with Crippen LogP contribution in [0.1, 0.15) is 35.2 Å². The van der Waals surface area contributed by atoms with Gasteiger partial charge in [-0.25, -0.2) is 0 Å². The first-order valence-corrected chi connectivity index (χ1v) is 11.7. The fraction of sp³-hybridized carbons (Fsp3) is 0.107. The Morgan fingerprint density at radius 2 is 1.38 bits per heavy atom. The van der Waals surface area contributed by atoms with E-state index in [0.29, 0.717) is 16.1 Å². The molecule has 1 amide bonds. The Hall–Kier alpha value is -4.03. The molecule has 5 nitrogen and oxygen atoms in total. The average Bonchev–Trinajstić information content (AvgIpc) is 3.31. The third-order valence-electron chi connectivity index (χ3n) is 5.59. The standard InChI is InChI=1S/C28H23NO4S/c1-18(30)19-7-9-20(10-8-19)21-11-13-22(14-12-21)24-15-27(34-17-24)29-26(31)16-25(28(32)33)23-5-3-2-4-6-23/h2-15,17,25H,16H2,1H3,(H,29,31)(H,32,33)/t25-/m1/s1. The molecule has 1 heterocycles. The lowest BCUT2D eigenvalue weighted by Gasteiger charge is -2.12. The van der Waals surface area contributed by atoms with E-state index in [1.807, 2.05) is 66.0 Å². The number of thiophene rings is 1. The van der Waals surface area contributed by atoms with E-state index in [0.717, 1.165) is 22.3 Å². The van der Waals surface area contributed by atoms with Gasteiger partial charge in [0.1, 0.15) is 0 Å². The van der Waals surface area contributed by atoms with Crippen LogP contribution < -0.4 is 5.32 Å². The molecule has 0 fully saturated rings. The van der Waals surface area contributed by atoms with Crippen LogP contribution in [0.25, 0.3) is 22.3 Å². The Bertz CT molecular complexity index is 1310. The van der Waals surface area contributed by atoms with Crippen LogP contribution in [0, 0.1) is 0 Å². The van der Waals surface area contributed by atoms with Crippen molar-refractivity contribution >= 4 is 34.0 Å². The van der Waals surface area contributed by atoms with E-state index >= 15 is 0 Å². The van der Waals surface area contributed by atoms with Crippen LogP contribution in [-0.4, -0.2) is 22.8 Å². The van der Waals surface area contributed by atoms with Gasteiger partial charge in [-0.1, -0.05) is 78.9 Å². The van der Waals surface area contributed by atoms with E-state index in [4.69, 9.17) is 0 Å². The second kappa shape index (κ2) is 10.3. The predicted molar refractivity (Wildman–Crippen MR) is 135 cm³/mol. The summed E-state index contributed by atoms with van der Waals surface area (Å²) in [6.07, 6.45) is -0.135. The number of hydrogen-bond acceptors (Lipinski definition) is 4. The molecule has 2 N–H and O–H groups in total. The highest BCUT2D eigenvalue weighted by Crippen LogP contribution is 2.31. The van der Waals surface area contributed by atoms with Crippen LogP contribution in [0.4, 0.5) is 5.00 Å². The third-order valence-corrected chi connectivity index (χ3v) is 6.44. The first-order valence-electron chi connectivity index (χ1n) is 10.8. The number of nitrogens with one attached hydrogen (secondary N) is 1. The molecule has 4 rings (SSSR count). The Kier molecular flexibility index (Phi) is 6.99. The lowest BCUT2D eigenvalue weighted by atomic mass is 9.95. The highest BCUT2D eigenvalue weighted by atomic mass is 32.1. The molecule has 34 heavy (non-hydrogen) atoms. The number of carbonyl (C=O) groups is 3. The van der Waals surface area contributed by atoms with Crippen molar-refractivity contribution in [2.24, 2.45) is 0 Å². The largest absolute Gasteiger partial charge is 0.481 e. The predicted octanol–water partition coefficient (Wildman–Crippen LogP) is 6.48. The maximum atomic E-state index is 12.5. The number of carboxylic acid groups (broad SMARTS) is 1. The number of aliphatic carboxylic acids is 1. The summed E-state index contributed by atoms with van der Waals surface area (Å²) in [6, 6.07) is 26.2. The van der Waals surface area contributed by atoms with Crippen molar-refractivity contribution in [1.29, 1.82) is 0 Å². The van der Waals surface area contributed by atoms with E-state index in [-0.39, 0.29) is 18.1 Å². The van der Waals surface area contributed by atoms with Crippen LogP contribution in [-0.2, 0) is 9.59 Å². The molecule has 1 atom stereocenters. The normalized spacial score (nSPS) is 11.6. The number of Topliss-reactive ketones (excluding diaryl/α,β-unsaturated/α-hetero) is 1. The number of hydrogen-bond donors (Lipinski definition) is 2. The fourth-order valence-electron chi connectivity index (χ4n) is 3.71. The van der Waals surface area contributed by atoms with Gasteiger partial charge < -0.3 is 10.4 Å². The molecule has 0 aliphatic rings. The molecule has 0 aliphatic carbocycles. The second-order valence-electron chi connectivity index (χ2n) is 7.96. The highest BCUT2D eigenvalue weighted by Gasteiger charge is 2.23. The lowest BCUT2D eigenvalue weighted by Crippen LogP contribution is -2.20. The summed E-state index contributed by atoms with van der Waals surface area (Å²) in [5.41, 5.74) is 5.34. The average molecular weight is 470 g/mol. The first-order chi connectivity index (χ1) is 16.4. The number of ketones is 1. The minimum Gasteiger partial charge on any atom is -0.481 e. The zero-order chi connectivity index (χ0) is 24.1.